The van der Waals surface area contributed by atoms with E-state index in [2.05, 4.69) is 10.6 Å². The van der Waals surface area contributed by atoms with Crippen molar-refractivity contribution in [3.8, 4) is 0 Å². The second-order valence-electron chi connectivity index (χ2n) is 4.56. The van der Waals surface area contributed by atoms with Crippen molar-refractivity contribution in [2.24, 2.45) is 0 Å². The van der Waals surface area contributed by atoms with Crippen molar-refractivity contribution in [1.29, 1.82) is 0 Å². The zero-order valence-corrected chi connectivity index (χ0v) is 12.2. The Balaban J connectivity index is 2.91. The zero-order chi connectivity index (χ0) is 18.5. The third kappa shape index (κ3) is 5.97. The number of benzene rings is 1. The molecule has 1 aromatic rings. The van der Waals surface area contributed by atoms with Gasteiger partial charge in [0.05, 0.1) is 17.7 Å². The number of alkyl halides is 6. The number of hydrogen-bond acceptors (Lipinski definition) is 3. The van der Waals surface area contributed by atoms with Crippen LogP contribution < -0.4 is 16.0 Å². The van der Waals surface area contributed by atoms with Crippen LogP contribution in [0.2, 0.25) is 0 Å². The molecule has 0 bridgehead atoms. The number of carbonyl (C=O) groups is 2. The molecule has 0 radical (unpaired) electrons. The Labute approximate surface area is 132 Å². The van der Waals surface area contributed by atoms with Crippen LogP contribution in [0, 0.1) is 0 Å². The highest BCUT2D eigenvalue weighted by atomic mass is 19.4. The molecule has 3 amide bonds. The minimum Gasteiger partial charge on any atom is -0.376 e. The Morgan fingerprint density at radius 2 is 1.46 bits per heavy atom. The summed E-state index contributed by atoms with van der Waals surface area (Å²) in [5.74, 6) is -0.924. The first-order chi connectivity index (χ1) is 10.9. The summed E-state index contributed by atoms with van der Waals surface area (Å²) in [5, 5.41) is 6.21. The number of hydrogen-bond donors (Lipinski definition) is 3. The van der Waals surface area contributed by atoms with Gasteiger partial charge in [-0.05, 0) is 25.1 Å². The van der Waals surface area contributed by atoms with Gasteiger partial charge in [0.1, 0.15) is 0 Å². The van der Waals surface area contributed by atoms with E-state index in [4.69, 9.17) is 0 Å². The van der Waals surface area contributed by atoms with E-state index < -0.39 is 47.6 Å². The summed E-state index contributed by atoms with van der Waals surface area (Å²) in [6.07, 6.45) is -9.97. The average Bonchev–Trinajstić information content (AvgIpc) is 2.43. The van der Waals surface area contributed by atoms with Crippen molar-refractivity contribution in [1.82, 2.24) is 10.6 Å². The van der Waals surface area contributed by atoms with E-state index in [1.54, 1.807) is 6.92 Å². The molecule has 0 atom stereocenters. The number of nitrogens with one attached hydrogen (secondary N) is 3. The molecular formula is C13H13F6N3O2. The molecule has 3 N–H and O–H groups in total. The van der Waals surface area contributed by atoms with Crippen LogP contribution >= 0.6 is 0 Å². The molecule has 5 nitrogen and oxygen atoms in total. The summed E-state index contributed by atoms with van der Waals surface area (Å²) in [6, 6.07) is 0.0211. The summed E-state index contributed by atoms with van der Waals surface area (Å²) < 4.78 is 76.0. The lowest BCUT2D eigenvalue weighted by molar-refractivity contribution is -0.143. The molecule has 0 saturated carbocycles. The molecule has 0 heterocycles. The molecule has 1 aromatic carbocycles. The van der Waals surface area contributed by atoms with Gasteiger partial charge in [-0.25, -0.2) is 4.79 Å². The monoisotopic (exact) mass is 357 g/mol. The standard InChI is InChI=1S/C13H13F6N3O2/c1-2-20-11(24)22-10(23)6-21-9-4-7(12(14,15)16)3-8(5-9)13(17,18)19/h3-5,21H,2,6H2,1H3,(H2,20,22,23,24). The van der Waals surface area contributed by atoms with Crippen molar-refractivity contribution < 1.29 is 35.9 Å². The molecule has 0 aliphatic heterocycles. The minimum atomic E-state index is -4.99. The predicted octanol–water partition coefficient (Wildman–Crippen LogP) is 2.98. The lowest BCUT2D eigenvalue weighted by atomic mass is 10.1. The zero-order valence-electron chi connectivity index (χ0n) is 12.2. The smallest absolute Gasteiger partial charge is 0.376 e. The van der Waals surface area contributed by atoms with Crippen LogP contribution in [-0.4, -0.2) is 25.0 Å². The number of anilines is 1. The van der Waals surface area contributed by atoms with E-state index in [0.29, 0.717) is 12.1 Å². The van der Waals surface area contributed by atoms with Crippen molar-refractivity contribution in [2.75, 3.05) is 18.4 Å². The predicted molar refractivity (Wildman–Crippen MR) is 72.2 cm³/mol. The summed E-state index contributed by atoms with van der Waals surface area (Å²) in [7, 11) is 0. The van der Waals surface area contributed by atoms with Gasteiger partial charge in [0.2, 0.25) is 5.91 Å². The van der Waals surface area contributed by atoms with Crippen LogP contribution in [-0.2, 0) is 17.1 Å². The van der Waals surface area contributed by atoms with Crippen LogP contribution in [0.25, 0.3) is 0 Å². The van der Waals surface area contributed by atoms with Gasteiger partial charge in [-0.1, -0.05) is 0 Å². The Morgan fingerprint density at radius 1 is 0.958 bits per heavy atom. The summed E-state index contributed by atoms with van der Waals surface area (Å²) in [5.41, 5.74) is -3.57. The molecule has 0 aromatic heterocycles. The third-order valence-electron chi connectivity index (χ3n) is 2.63. The molecule has 0 fully saturated rings. The summed E-state index contributed by atoms with van der Waals surface area (Å²) in [6.45, 7) is 1.13. The quantitative estimate of drug-likeness (QED) is 0.726. The van der Waals surface area contributed by atoms with Crippen LogP contribution in [0.5, 0.6) is 0 Å². The van der Waals surface area contributed by atoms with E-state index in [9.17, 15) is 35.9 Å². The van der Waals surface area contributed by atoms with Crippen molar-refractivity contribution in [2.45, 2.75) is 19.3 Å². The molecule has 0 unspecified atom stereocenters. The third-order valence-corrected chi connectivity index (χ3v) is 2.63. The molecule has 24 heavy (non-hydrogen) atoms. The second kappa shape index (κ2) is 7.41. The van der Waals surface area contributed by atoms with Crippen molar-refractivity contribution in [3.63, 3.8) is 0 Å². The summed E-state index contributed by atoms with van der Waals surface area (Å²) in [4.78, 5) is 22.5. The largest absolute Gasteiger partial charge is 0.416 e. The van der Waals surface area contributed by atoms with Crippen LogP contribution in [0.3, 0.4) is 0 Å². The van der Waals surface area contributed by atoms with Gasteiger partial charge in [0, 0.05) is 12.2 Å². The maximum atomic E-state index is 12.7. The number of carbonyl (C=O) groups excluding carboxylic acids is 2. The van der Waals surface area contributed by atoms with E-state index in [-0.39, 0.29) is 12.6 Å². The van der Waals surface area contributed by atoms with E-state index in [1.165, 1.54) is 0 Å². The molecule has 0 aliphatic rings. The lowest BCUT2D eigenvalue weighted by Gasteiger charge is -2.15. The molecule has 0 aliphatic carbocycles. The van der Waals surface area contributed by atoms with Gasteiger partial charge in [-0.2, -0.15) is 26.3 Å². The fourth-order valence-electron chi connectivity index (χ4n) is 1.61. The Bertz CT molecular complexity index is 580. The number of imide groups is 1. The Morgan fingerprint density at radius 3 is 1.88 bits per heavy atom. The highest BCUT2D eigenvalue weighted by Crippen LogP contribution is 2.37. The number of urea groups is 1. The molecular weight excluding hydrogens is 344 g/mol. The van der Waals surface area contributed by atoms with Crippen LogP contribution in [0.1, 0.15) is 18.1 Å². The molecule has 0 saturated heterocycles. The molecule has 0 spiro atoms. The first-order valence-electron chi connectivity index (χ1n) is 6.54. The SMILES string of the molecule is CCNC(=O)NC(=O)CNc1cc(C(F)(F)F)cc(C(F)(F)F)c1. The fourth-order valence-corrected chi connectivity index (χ4v) is 1.61. The second-order valence-corrected chi connectivity index (χ2v) is 4.56. The van der Waals surface area contributed by atoms with Crippen LogP contribution in [0.4, 0.5) is 36.8 Å². The first-order valence-corrected chi connectivity index (χ1v) is 6.54. The Kier molecular flexibility index (Phi) is 6.04. The van der Waals surface area contributed by atoms with E-state index in [1.807, 2.05) is 5.32 Å². The Hall–Kier alpha value is -2.46. The van der Waals surface area contributed by atoms with Gasteiger partial charge in [-0.15, -0.1) is 0 Å². The summed E-state index contributed by atoms with van der Waals surface area (Å²) >= 11 is 0. The average molecular weight is 357 g/mol. The van der Waals surface area contributed by atoms with Gasteiger partial charge >= 0.3 is 18.4 Å². The van der Waals surface area contributed by atoms with Crippen LogP contribution in [0.15, 0.2) is 18.2 Å². The maximum absolute atomic E-state index is 12.7. The topological polar surface area (TPSA) is 70.2 Å². The normalized spacial score (nSPS) is 11.8. The van der Waals surface area contributed by atoms with Gasteiger partial charge < -0.3 is 10.6 Å². The lowest BCUT2D eigenvalue weighted by Crippen LogP contribution is -2.41. The highest BCUT2D eigenvalue weighted by Gasteiger charge is 2.36. The van der Waals surface area contributed by atoms with Gasteiger partial charge in [0.25, 0.3) is 0 Å². The fraction of sp³-hybridized carbons (Fsp3) is 0.385. The van der Waals surface area contributed by atoms with E-state index >= 15 is 0 Å². The molecule has 11 heteroatoms. The highest BCUT2D eigenvalue weighted by molar-refractivity contribution is 5.96. The minimum absolute atomic E-state index is 0.0278. The number of amides is 3. The number of halogens is 6. The van der Waals surface area contributed by atoms with Crippen molar-refractivity contribution in [3.05, 3.63) is 29.3 Å². The number of rotatable bonds is 4. The molecule has 1 rings (SSSR count). The van der Waals surface area contributed by atoms with Gasteiger partial charge in [0.15, 0.2) is 0 Å². The van der Waals surface area contributed by atoms with E-state index in [0.717, 1.165) is 0 Å². The van der Waals surface area contributed by atoms with Gasteiger partial charge in [-0.3, -0.25) is 10.1 Å². The maximum Gasteiger partial charge on any atom is 0.416 e. The molecule has 134 valence electrons. The first kappa shape index (κ1) is 19.6. The van der Waals surface area contributed by atoms with Crippen molar-refractivity contribution >= 4 is 17.6 Å².